The third kappa shape index (κ3) is 4.99. The van der Waals surface area contributed by atoms with Gasteiger partial charge >= 0.3 is 0 Å². The molecule has 2 N–H and O–H groups in total. The number of benzene rings is 1. The fraction of sp³-hybridized carbons (Fsp3) is 0.526. The predicted octanol–water partition coefficient (Wildman–Crippen LogP) is 2.22. The number of amides is 1. The minimum atomic E-state index is -0.165. The predicted molar refractivity (Wildman–Crippen MR) is 107 cm³/mol. The van der Waals surface area contributed by atoms with Crippen LogP contribution in [0.15, 0.2) is 18.2 Å². The van der Waals surface area contributed by atoms with E-state index in [1.54, 1.807) is 7.11 Å². The highest BCUT2D eigenvalue weighted by molar-refractivity contribution is 5.93. The Balaban J connectivity index is 0.00000261. The fourth-order valence-corrected chi connectivity index (χ4v) is 3.37. The number of hydrogen-bond donors (Lipinski definition) is 2. The molecule has 0 spiro atoms. The number of rotatable bonds is 6. The van der Waals surface area contributed by atoms with Crippen molar-refractivity contribution in [1.29, 1.82) is 0 Å². The second kappa shape index (κ2) is 9.71. The average Bonchev–Trinajstić information content (AvgIpc) is 3.05. The van der Waals surface area contributed by atoms with Crippen molar-refractivity contribution >= 4 is 18.3 Å². The van der Waals surface area contributed by atoms with Gasteiger partial charge in [0, 0.05) is 6.54 Å². The van der Waals surface area contributed by atoms with Crippen molar-refractivity contribution in [2.24, 2.45) is 0 Å². The Hall–Kier alpha value is -2.12. The van der Waals surface area contributed by atoms with Crippen molar-refractivity contribution in [2.75, 3.05) is 26.7 Å². The number of halogens is 1. The van der Waals surface area contributed by atoms with Gasteiger partial charge in [-0.15, -0.1) is 17.5 Å². The Kier molecular flexibility index (Phi) is 7.62. The van der Waals surface area contributed by atoms with Gasteiger partial charge in [0.25, 0.3) is 5.91 Å². The smallest absolute Gasteiger partial charge is 0.273 e. The second-order valence-corrected chi connectivity index (χ2v) is 6.76. The summed E-state index contributed by atoms with van der Waals surface area (Å²) in [6.45, 7) is 6.43. The lowest BCUT2D eigenvalue weighted by molar-refractivity contribution is 0.0948. The van der Waals surface area contributed by atoms with Crippen LogP contribution in [-0.4, -0.2) is 47.6 Å². The minimum Gasteiger partial charge on any atom is -0.496 e. The standard InChI is InChI=1S/C19H27N5O2.ClH/c1-13-4-5-15(12-17(13)26-3)6-11-21-19(25)18-14(2)24(23-22-18)16-7-9-20-10-8-16;/h4-5,12,16,20H,6-11H2,1-3H3,(H,21,25);1H. The van der Waals surface area contributed by atoms with E-state index in [1.807, 2.05) is 30.7 Å². The molecule has 1 aliphatic heterocycles. The lowest BCUT2D eigenvalue weighted by Gasteiger charge is -2.23. The molecule has 0 unspecified atom stereocenters. The van der Waals surface area contributed by atoms with Gasteiger partial charge in [-0.25, -0.2) is 4.68 Å². The summed E-state index contributed by atoms with van der Waals surface area (Å²) in [5.74, 6) is 0.705. The zero-order valence-corrected chi connectivity index (χ0v) is 16.9. The molecular formula is C19H28ClN5O2. The zero-order chi connectivity index (χ0) is 18.5. The van der Waals surface area contributed by atoms with E-state index in [9.17, 15) is 4.79 Å². The van der Waals surface area contributed by atoms with Crippen LogP contribution in [-0.2, 0) is 6.42 Å². The summed E-state index contributed by atoms with van der Waals surface area (Å²) >= 11 is 0. The van der Waals surface area contributed by atoms with Gasteiger partial charge in [0.1, 0.15) is 5.75 Å². The first-order valence-electron chi connectivity index (χ1n) is 9.14. The SMILES string of the molecule is COc1cc(CCNC(=O)c2nnn(C3CCNCC3)c2C)ccc1C.Cl. The Bertz CT molecular complexity index is 771. The summed E-state index contributed by atoms with van der Waals surface area (Å²) < 4.78 is 7.25. The summed E-state index contributed by atoms with van der Waals surface area (Å²) in [6, 6.07) is 6.43. The molecule has 0 bridgehead atoms. The summed E-state index contributed by atoms with van der Waals surface area (Å²) in [5.41, 5.74) is 3.49. The molecule has 148 valence electrons. The Morgan fingerprint density at radius 1 is 1.33 bits per heavy atom. The molecule has 1 aromatic carbocycles. The molecule has 3 rings (SSSR count). The largest absolute Gasteiger partial charge is 0.496 e. The number of methoxy groups -OCH3 is 1. The van der Waals surface area contributed by atoms with Gasteiger partial charge < -0.3 is 15.4 Å². The number of ether oxygens (including phenoxy) is 1. The molecule has 27 heavy (non-hydrogen) atoms. The molecular weight excluding hydrogens is 366 g/mol. The van der Waals surface area contributed by atoms with Crippen molar-refractivity contribution in [2.45, 2.75) is 39.2 Å². The van der Waals surface area contributed by atoms with E-state index < -0.39 is 0 Å². The molecule has 8 heteroatoms. The molecule has 0 aliphatic carbocycles. The quantitative estimate of drug-likeness (QED) is 0.786. The van der Waals surface area contributed by atoms with Gasteiger partial charge in [0.2, 0.25) is 0 Å². The molecule has 1 aromatic heterocycles. The van der Waals surface area contributed by atoms with Gasteiger partial charge in [-0.05, 0) is 63.4 Å². The molecule has 1 aliphatic rings. The third-order valence-corrected chi connectivity index (χ3v) is 4.97. The number of nitrogens with one attached hydrogen (secondary N) is 2. The van der Waals surface area contributed by atoms with Crippen LogP contribution >= 0.6 is 12.4 Å². The highest BCUT2D eigenvalue weighted by Crippen LogP contribution is 2.21. The maximum absolute atomic E-state index is 12.5. The number of piperidine rings is 1. The van der Waals surface area contributed by atoms with Gasteiger partial charge in [-0.1, -0.05) is 17.3 Å². The Morgan fingerprint density at radius 3 is 2.78 bits per heavy atom. The van der Waals surface area contributed by atoms with Crippen molar-refractivity contribution < 1.29 is 9.53 Å². The van der Waals surface area contributed by atoms with E-state index in [0.29, 0.717) is 18.3 Å². The van der Waals surface area contributed by atoms with Crippen LogP contribution in [0.1, 0.15) is 46.2 Å². The molecule has 0 saturated carbocycles. The molecule has 1 amide bonds. The molecule has 7 nitrogen and oxygen atoms in total. The van der Waals surface area contributed by atoms with Crippen LogP contribution in [0.3, 0.4) is 0 Å². The topological polar surface area (TPSA) is 81.1 Å². The highest BCUT2D eigenvalue weighted by atomic mass is 35.5. The van der Waals surface area contributed by atoms with Crippen LogP contribution in [0.25, 0.3) is 0 Å². The molecule has 2 aromatic rings. The normalized spacial score (nSPS) is 14.5. The Morgan fingerprint density at radius 2 is 2.07 bits per heavy atom. The average molecular weight is 394 g/mol. The van der Waals surface area contributed by atoms with E-state index >= 15 is 0 Å². The molecule has 1 saturated heterocycles. The maximum Gasteiger partial charge on any atom is 0.273 e. The molecule has 2 heterocycles. The van der Waals surface area contributed by atoms with Crippen LogP contribution in [0.5, 0.6) is 5.75 Å². The monoisotopic (exact) mass is 393 g/mol. The first-order valence-corrected chi connectivity index (χ1v) is 9.14. The van der Waals surface area contributed by atoms with Crippen LogP contribution in [0.2, 0.25) is 0 Å². The van der Waals surface area contributed by atoms with E-state index in [-0.39, 0.29) is 18.3 Å². The number of carbonyl (C=O) groups is 1. The van der Waals surface area contributed by atoms with Gasteiger partial charge in [0.15, 0.2) is 5.69 Å². The number of carbonyl (C=O) groups excluding carboxylic acids is 1. The lowest BCUT2D eigenvalue weighted by Crippen LogP contribution is -2.30. The lowest BCUT2D eigenvalue weighted by atomic mass is 10.1. The van der Waals surface area contributed by atoms with Crippen LogP contribution in [0, 0.1) is 13.8 Å². The van der Waals surface area contributed by atoms with Crippen LogP contribution in [0.4, 0.5) is 0 Å². The van der Waals surface area contributed by atoms with Gasteiger partial charge in [0.05, 0.1) is 18.8 Å². The van der Waals surface area contributed by atoms with E-state index in [4.69, 9.17) is 4.74 Å². The molecule has 0 radical (unpaired) electrons. The van der Waals surface area contributed by atoms with Gasteiger partial charge in [-0.3, -0.25) is 4.79 Å². The zero-order valence-electron chi connectivity index (χ0n) is 16.1. The summed E-state index contributed by atoms with van der Waals surface area (Å²) in [4.78, 5) is 12.5. The molecule has 0 atom stereocenters. The first-order chi connectivity index (χ1) is 12.6. The van der Waals surface area contributed by atoms with E-state index in [1.165, 1.54) is 0 Å². The minimum absolute atomic E-state index is 0. The van der Waals surface area contributed by atoms with Crippen LogP contribution < -0.4 is 15.4 Å². The second-order valence-electron chi connectivity index (χ2n) is 6.76. The summed E-state index contributed by atoms with van der Waals surface area (Å²) in [7, 11) is 1.67. The van der Waals surface area contributed by atoms with Crippen molar-refractivity contribution in [3.8, 4) is 5.75 Å². The number of hydrogen-bond acceptors (Lipinski definition) is 5. The van der Waals surface area contributed by atoms with E-state index in [2.05, 4.69) is 27.0 Å². The Labute approximate surface area is 166 Å². The van der Waals surface area contributed by atoms with Gasteiger partial charge in [-0.2, -0.15) is 0 Å². The third-order valence-electron chi connectivity index (χ3n) is 4.97. The van der Waals surface area contributed by atoms with E-state index in [0.717, 1.165) is 54.9 Å². The number of nitrogens with zero attached hydrogens (tertiary/aromatic N) is 3. The maximum atomic E-state index is 12.5. The summed E-state index contributed by atoms with van der Waals surface area (Å²) in [5, 5.41) is 14.6. The number of aryl methyl sites for hydroxylation is 1. The molecule has 1 fully saturated rings. The summed E-state index contributed by atoms with van der Waals surface area (Å²) in [6.07, 6.45) is 2.77. The highest BCUT2D eigenvalue weighted by Gasteiger charge is 2.22. The first kappa shape index (κ1) is 21.2. The number of aromatic nitrogens is 3. The van der Waals surface area contributed by atoms with Crippen molar-refractivity contribution in [1.82, 2.24) is 25.6 Å². The fourth-order valence-electron chi connectivity index (χ4n) is 3.37. The van der Waals surface area contributed by atoms with Crippen molar-refractivity contribution in [3.05, 3.63) is 40.7 Å². The van der Waals surface area contributed by atoms with Crippen molar-refractivity contribution in [3.63, 3.8) is 0 Å².